The summed E-state index contributed by atoms with van der Waals surface area (Å²) in [5, 5.41) is 4.15. The lowest BCUT2D eigenvalue weighted by Gasteiger charge is -2.15. The number of ether oxygens (including phenoxy) is 1. The van der Waals surface area contributed by atoms with E-state index in [-0.39, 0.29) is 16.8 Å². The molecule has 0 fully saturated rings. The molecule has 4 rings (SSSR count). The summed E-state index contributed by atoms with van der Waals surface area (Å²) >= 11 is 0. The van der Waals surface area contributed by atoms with Crippen molar-refractivity contribution in [1.29, 1.82) is 0 Å². The van der Waals surface area contributed by atoms with Crippen molar-refractivity contribution >= 4 is 15.7 Å². The van der Waals surface area contributed by atoms with Crippen LogP contribution in [0.5, 0.6) is 5.75 Å². The quantitative estimate of drug-likeness (QED) is 0.243. The van der Waals surface area contributed by atoms with Crippen molar-refractivity contribution < 1.29 is 39.5 Å². The van der Waals surface area contributed by atoms with E-state index in [0.29, 0.717) is 23.7 Å². The van der Waals surface area contributed by atoms with E-state index >= 15 is 0 Å². The number of hydrogen-bond donors (Lipinski definition) is 1. The second kappa shape index (κ2) is 10.4. The Labute approximate surface area is 213 Å². The van der Waals surface area contributed by atoms with Crippen molar-refractivity contribution in [3.05, 3.63) is 84.4 Å². The number of anilines is 1. The molecular weight excluding hydrogens is 536 g/mol. The summed E-state index contributed by atoms with van der Waals surface area (Å²) in [6.45, 7) is -0.850. The Morgan fingerprint density at radius 1 is 1.00 bits per heavy atom. The number of aryl methyl sites for hydroxylation is 1. The molecule has 0 bridgehead atoms. The highest BCUT2D eigenvalue weighted by molar-refractivity contribution is 7.92. The molecule has 4 aromatic rings. The van der Waals surface area contributed by atoms with Gasteiger partial charge in [-0.05, 0) is 54.4 Å². The Bertz CT molecular complexity index is 1570. The van der Waals surface area contributed by atoms with Crippen LogP contribution in [0.1, 0.15) is 12.5 Å². The molecular formula is C25H19F6N3O3S. The summed E-state index contributed by atoms with van der Waals surface area (Å²) < 4.78 is 113. The van der Waals surface area contributed by atoms with E-state index in [1.54, 1.807) is 10.9 Å². The summed E-state index contributed by atoms with van der Waals surface area (Å²) in [5.41, 5.74) is -0.0837. The van der Waals surface area contributed by atoms with Crippen molar-refractivity contribution in [3.63, 3.8) is 0 Å². The molecule has 38 heavy (non-hydrogen) atoms. The molecule has 0 unspecified atom stereocenters. The lowest BCUT2D eigenvalue weighted by atomic mass is 10.00. The first-order valence-electron chi connectivity index (χ1n) is 11.0. The predicted molar refractivity (Wildman–Crippen MR) is 128 cm³/mol. The second-order valence-electron chi connectivity index (χ2n) is 8.03. The zero-order chi connectivity index (χ0) is 27.7. The topological polar surface area (TPSA) is 73.2 Å². The van der Waals surface area contributed by atoms with E-state index in [4.69, 9.17) is 0 Å². The van der Waals surface area contributed by atoms with Crippen molar-refractivity contribution in [2.45, 2.75) is 31.2 Å². The number of hydrogen-bond acceptors (Lipinski definition) is 4. The predicted octanol–water partition coefficient (Wildman–Crippen LogP) is 6.80. The summed E-state index contributed by atoms with van der Waals surface area (Å²) in [6.07, 6.45) is -1.66. The Hall–Kier alpha value is -4.00. The van der Waals surface area contributed by atoms with Crippen molar-refractivity contribution in [2.24, 2.45) is 0 Å². The molecule has 6 nitrogen and oxygen atoms in total. The fraction of sp³-hybridized carbons (Fsp3) is 0.160. The summed E-state index contributed by atoms with van der Waals surface area (Å²) in [6, 6.07) is 10.5. The lowest BCUT2D eigenvalue weighted by molar-refractivity contribution is -0.137. The van der Waals surface area contributed by atoms with Gasteiger partial charge in [0.1, 0.15) is 11.6 Å². The van der Waals surface area contributed by atoms with Crippen LogP contribution in [0.25, 0.3) is 22.3 Å². The normalized spacial score (nSPS) is 12.1. The average Bonchev–Trinajstić information content (AvgIpc) is 3.32. The standard InChI is InChI=1S/C25H19F6N3O3S/c1-2-34-14-17(13-32-34)22-7-6-15(16-8-19(26)12-20(9-16)37-24(27)28)10-23(22)33-38(35,36)21-5-3-4-18(11-21)25(29,30)31/h3-14,24,33H,2H2,1H3. The van der Waals surface area contributed by atoms with Gasteiger partial charge in [0.05, 0.1) is 22.3 Å². The van der Waals surface area contributed by atoms with Crippen molar-refractivity contribution in [2.75, 3.05) is 4.72 Å². The van der Waals surface area contributed by atoms with E-state index in [2.05, 4.69) is 14.6 Å². The van der Waals surface area contributed by atoms with Gasteiger partial charge >= 0.3 is 12.8 Å². The van der Waals surface area contributed by atoms with E-state index < -0.39 is 44.8 Å². The van der Waals surface area contributed by atoms with Gasteiger partial charge in [-0.15, -0.1) is 0 Å². The zero-order valence-electron chi connectivity index (χ0n) is 19.5. The van der Waals surface area contributed by atoms with Crippen LogP contribution in [0, 0.1) is 5.82 Å². The molecule has 0 aliphatic heterocycles. The summed E-state index contributed by atoms with van der Waals surface area (Å²) in [4.78, 5) is -0.633. The van der Waals surface area contributed by atoms with Gasteiger partial charge in [0.2, 0.25) is 0 Å². The third kappa shape index (κ3) is 6.10. The van der Waals surface area contributed by atoms with Crippen LogP contribution in [0.3, 0.4) is 0 Å². The third-order valence-corrected chi connectivity index (χ3v) is 6.80. The van der Waals surface area contributed by atoms with Gasteiger partial charge in [0.15, 0.2) is 0 Å². The Kier molecular flexibility index (Phi) is 7.40. The average molecular weight is 556 g/mol. The van der Waals surface area contributed by atoms with E-state index in [9.17, 15) is 34.8 Å². The smallest absolute Gasteiger partial charge is 0.416 e. The maximum atomic E-state index is 14.1. The van der Waals surface area contributed by atoms with Crippen LogP contribution in [-0.2, 0) is 22.7 Å². The minimum Gasteiger partial charge on any atom is -0.435 e. The summed E-state index contributed by atoms with van der Waals surface area (Å²) in [7, 11) is -4.53. The monoisotopic (exact) mass is 555 g/mol. The molecule has 0 amide bonds. The van der Waals surface area contributed by atoms with E-state index in [1.807, 2.05) is 6.92 Å². The molecule has 1 heterocycles. The Morgan fingerprint density at radius 3 is 2.42 bits per heavy atom. The number of rotatable bonds is 8. The van der Waals surface area contributed by atoms with Crippen LogP contribution < -0.4 is 9.46 Å². The van der Waals surface area contributed by atoms with Gasteiger partial charge in [-0.2, -0.15) is 27.1 Å². The SMILES string of the molecule is CCn1cc(-c2ccc(-c3cc(F)cc(OC(F)F)c3)cc2NS(=O)(=O)c2cccc(C(F)(F)F)c2)cn1. The Balaban J connectivity index is 1.82. The van der Waals surface area contributed by atoms with Crippen molar-refractivity contribution in [1.82, 2.24) is 9.78 Å². The Morgan fingerprint density at radius 2 is 1.76 bits per heavy atom. The molecule has 0 atom stereocenters. The van der Waals surface area contributed by atoms with E-state index in [0.717, 1.165) is 36.4 Å². The third-order valence-electron chi connectivity index (χ3n) is 5.43. The molecule has 1 aromatic heterocycles. The molecule has 0 saturated heterocycles. The van der Waals surface area contributed by atoms with Crippen LogP contribution >= 0.6 is 0 Å². The van der Waals surface area contributed by atoms with Gasteiger partial charge in [-0.3, -0.25) is 9.40 Å². The van der Waals surface area contributed by atoms with Gasteiger partial charge in [0, 0.05) is 29.9 Å². The van der Waals surface area contributed by atoms with Gasteiger partial charge < -0.3 is 4.74 Å². The maximum absolute atomic E-state index is 14.1. The van der Waals surface area contributed by atoms with Crippen LogP contribution in [0.4, 0.5) is 32.0 Å². The van der Waals surface area contributed by atoms with Crippen LogP contribution in [0.15, 0.2) is 78.0 Å². The molecule has 200 valence electrons. The number of halogens is 6. The molecule has 0 saturated carbocycles. The molecule has 0 aliphatic rings. The molecule has 1 N–H and O–H groups in total. The molecule has 0 aliphatic carbocycles. The highest BCUT2D eigenvalue weighted by atomic mass is 32.2. The summed E-state index contributed by atoms with van der Waals surface area (Å²) in [5.74, 6) is -1.33. The lowest BCUT2D eigenvalue weighted by Crippen LogP contribution is -2.15. The highest BCUT2D eigenvalue weighted by Gasteiger charge is 2.32. The molecule has 0 spiro atoms. The minimum atomic E-state index is -4.76. The van der Waals surface area contributed by atoms with Crippen molar-refractivity contribution in [3.8, 4) is 28.0 Å². The van der Waals surface area contributed by atoms with Crippen LogP contribution in [-0.4, -0.2) is 24.8 Å². The largest absolute Gasteiger partial charge is 0.435 e. The number of nitrogens with one attached hydrogen (secondary N) is 1. The second-order valence-corrected chi connectivity index (χ2v) is 9.71. The number of alkyl halides is 5. The first kappa shape index (κ1) is 27.0. The maximum Gasteiger partial charge on any atom is 0.416 e. The van der Waals surface area contributed by atoms with Gasteiger partial charge in [0.25, 0.3) is 10.0 Å². The number of aromatic nitrogens is 2. The molecule has 3 aromatic carbocycles. The number of benzene rings is 3. The first-order chi connectivity index (χ1) is 17.9. The van der Waals surface area contributed by atoms with E-state index in [1.165, 1.54) is 24.4 Å². The fourth-order valence-corrected chi connectivity index (χ4v) is 4.80. The molecule has 13 heteroatoms. The first-order valence-corrected chi connectivity index (χ1v) is 12.5. The number of sulfonamides is 1. The minimum absolute atomic E-state index is 0.0591. The zero-order valence-corrected chi connectivity index (χ0v) is 20.3. The fourth-order valence-electron chi connectivity index (χ4n) is 3.68. The molecule has 0 radical (unpaired) electrons. The van der Waals surface area contributed by atoms with Gasteiger partial charge in [-0.25, -0.2) is 12.8 Å². The van der Waals surface area contributed by atoms with Gasteiger partial charge in [-0.1, -0.05) is 18.2 Å². The highest BCUT2D eigenvalue weighted by Crippen LogP contribution is 2.36. The number of nitrogens with zero attached hydrogens (tertiary/aromatic N) is 2. The van der Waals surface area contributed by atoms with Crippen LogP contribution in [0.2, 0.25) is 0 Å².